The third-order valence-electron chi connectivity index (χ3n) is 3.60. The molecular weight excluding hydrogens is 326 g/mol. The predicted octanol–water partition coefficient (Wildman–Crippen LogP) is 3.40. The SMILES string of the molecule is CCNC(=O)Cn1c(COc2ccccc2Cl)nc2ccccc21. The van der Waals surface area contributed by atoms with Crippen LogP contribution in [0, 0.1) is 0 Å². The summed E-state index contributed by atoms with van der Waals surface area (Å²) < 4.78 is 7.66. The second kappa shape index (κ2) is 7.36. The van der Waals surface area contributed by atoms with Crippen molar-refractivity contribution < 1.29 is 9.53 Å². The quantitative estimate of drug-likeness (QED) is 0.746. The highest BCUT2D eigenvalue weighted by molar-refractivity contribution is 6.32. The molecule has 2 aromatic carbocycles. The van der Waals surface area contributed by atoms with Crippen LogP contribution in [-0.4, -0.2) is 22.0 Å². The number of ether oxygens (including phenoxy) is 1. The molecule has 0 aliphatic carbocycles. The number of aromatic nitrogens is 2. The maximum Gasteiger partial charge on any atom is 0.240 e. The van der Waals surface area contributed by atoms with E-state index in [0.717, 1.165) is 11.0 Å². The van der Waals surface area contributed by atoms with E-state index in [1.807, 2.05) is 47.9 Å². The molecule has 1 aromatic heterocycles. The third kappa shape index (κ3) is 3.51. The van der Waals surface area contributed by atoms with Crippen molar-refractivity contribution in [3.63, 3.8) is 0 Å². The van der Waals surface area contributed by atoms with E-state index < -0.39 is 0 Å². The molecule has 1 heterocycles. The number of fused-ring (bicyclic) bond motifs is 1. The molecule has 0 unspecified atom stereocenters. The first-order valence-electron chi connectivity index (χ1n) is 7.77. The number of amides is 1. The molecule has 0 aliphatic rings. The fraction of sp³-hybridized carbons (Fsp3) is 0.222. The van der Waals surface area contributed by atoms with E-state index in [9.17, 15) is 4.79 Å². The number of rotatable bonds is 6. The fourth-order valence-electron chi connectivity index (χ4n) is 2.51. The Kier molecular flexibility index (Phi) is 5.01. The van der Waals surface area contributed by atoms with Crippen molar-refractivity contribution in [2.24, 2.45) is 0 Å². The summed E-state index contributed by atoms with van der Waals surface area (Å²) in [4.78, 5) is 16.6. The van der Waals surface area contributed by atoms with Crippen molar-refractivity contribution in [3.8, 4) is 5.75 Å². The molecule has 0 fully saturated rings. The number of hydrogen-bond donors (Lipinski definition) is 1. The van der Waals surface area contributed by atoms with Crippen LogP contribution >= 0.6 is 11.6 Å². The lowest BCUT2D eigenvalue weighted by Gasteiger charge is -2.11. The van der Waals surface area contributed by atoms with E-state index in [-0.39, 0.29) is 19.1 Å². The topological polar surface area (TPSA) is 56.2 Å². The maximum absolute atomic E-state index is 12.0. The van der Waals surface area contributed by atoms with Crippen LogP contribution in [0.3, 0.4) is 0 Å². The molecule has 0 atom stereocenters. The second-order valence-corrected chi connectivity index (χ2v) is 5.68. The van der Waals surface area contributed by atoms with Crippen LogP contribution in [0.5, 0.6) is 5.75 Å². The Balaban J connectivity index is 1.88. The average Bonchev–Trinajstić information content (AvgIpc) is 2.92. The number of para-hydroxylation sites is 3. The molecule has 0 saturated heterocycles. The number of carbonyl (C=O) groups is 1. The summed E-state index contributed by atoms with van der Waals surface area (Å²) in [6.07, 6.45) is 0. The zero-order chi connectivity index (χ0) is 16.9. The minimum Gasteiger partial charge on any atom is -0.484 e. The van der Waals surface area contributed by atoms with Gasteiger partial charge in [0, 0.05) is 6.54 Å². The molecule has 0 spiro atoms. The summed E-state index contributed by atoms with van der Waals surface area (Å²) in [6, 6.07) is 15.0. The molecule has 3 aromatic rings. The van der Waals surface area contributed by atoms with Gasteiger partial charge in [-0.15, -0.1) is 0 Å². The molecule has 1 N–H and O–H groups in total. The minimum absolute atomic E-state index is 0.0559. The van der Waals surface area contributed by atoms with Gasteiger partial charge in [0.25, 0.3) is 0 Å². The molecule has 0 saturated carbocycles. The highest BCUT2D eigenvalue weighted by atomic mass is 35.5. The Morgan fingerprint density at radius 3 is 2.75 bits per heavy atom. The number of nitrogens with one attached hydrogen (secondary N) is 1. The molecule has 0 radical (unpaired) electrons. The summed E-state index contributed by atoms with van der Waals surface area (Å²) in [5, 5.41) is 3.35. The van der Waals surface area contributed by atoms with E-state index >= 15 is 0 Å². The van der Waals surface area contributed by atoms with Crippen LogP contribution in [-0.2, 0) is 17.9 Å². The molecule has 124 valence electrons. The predicted molar refractivity (Wildman–Crippen MR) is 94.2 cm³/mol. The van der Waals surface area contributed by atoms with Crippen LogP contribution in [0.2, 0.25) is 5.02 Å². The van der Waals surface area contributed by atoms with Crippen LogP contribution in [0.25, 0.3) is 11.0 Å². The van der Waals surface area contributed by atoms with Crippen molar-refractivity contribution in [1.82, 2.24) is 14.9 Å². The van der Waals surface area contributed by atoms with Crippen LogP contribution in [0.15, 0.2) is 48.5 Å². The highest BCUT2D eigenvalue weighted by Crippen LogP contribution is 2.24. The zero-order valence-electron chi connectivity index (χ0n) is 13.3. The number of imidazole rings is 1. The van der Waals surface area contributed by atoms with Gasteiger partial charge in [0.1, 0.15) is 24.7 Å². The normalized spacial score (nSPS) is 10.8. The summed E-state index contributed by atoms with van der Waals surface area (Å²) in [5.74, 6) is 1.22. The number of benzene rings is 2. The number of hydrogen-bond acceptors (Lipinski definition) is 3. The Labute approximate surface area is 145 Å². The standard InChI is InChI=1S/C18H18ClN3O2/c1-2-20-18(23)11-22-15-9-5-4-8-14(15)21-17(22)12-24-16-10-6-3-7-13(16)19/h3-10H,2,11-12H2,1H3,(H,20,23). The van der Waals surface area contributed by atoms with E-state index in [1.165, 1.54) is 0 Å². The van der Waals surface area contributed by atoms with Crippen molar-refractivity contribution in [2.45, 2.75) is 20.1 Å². The molecule has 5 nitrogen and oxygen atoms in total. The summed E-state index contributed by atoms with van der Waals surface area (Å²) in [7, 11) is 0. The number of carbonyl (C=O) groups excluding carboxylic acids is 1. The summed E-state index contributed by atoms with van der Waals surface area (Å²) in [6.45, 7) is 2.93. The first kappa shape index (κ1) is 16.3. The van der Waals surface area contributed by atoms with Gasteiger partial charge >= 0.3 is 0 Å². The van der Waals surface area contributed by atoms with Crippen LogP contribution < -0.4 is 10.1 Å². The monoisotopic (exact) mass is 343 g/mol. The first-order chi connectivity index (χ1) is 11.7. The van der Waals surface area contributed by atoms with Gasteiger partial charge in [-0.1, -0.05) is 35.9 Å². The zero-order valence-corrected chi connectivity index (χ0v) is 14.1. The van der Waals surface area contributed by atoms with Crippen LogP contribution in [0.1, 0.15) is 12.7 Å². The van der Waals surface area contributed by atoms with Crippen molar-refractivity contribution >= 4 is 28.5 Å². The van der Waals surface area contributed by atoms with Gasteiger partial charge in [-0.25, -0.2) is 4.98 Å². The molecule has 24 heavy (non-hydrogen) atoms. The highest BCUT2D eigenvalue weighted by Gasteiger charge is 2.14. The third-order valence-corrected chi connectivity index (χ3v) is 3.91. The van der Waals surface area contributed by atoms with E-state index in [2.05, 4.69) is 10.3 Å². The van der Waals surface area contributed by atoms with Crippen molar-refractivity contribution in [1.29, 1.82) is 0 Å². The van der Waals surface area contributed by atoms with Gasteiger partial charge in [0.15, 0.2) is 0 Å². The lowest BCUT2D eigenvalue weighted by molar-refractivity contribution is -0.121. The van der Waals surface area contributed by atoms with Gasteiger partial charge < -0.3 is 14.6 Å². The number of likely N-dealkylation sites (N-methyl/N-ethyl adjacent to an activating group) is 1. The van der Waals surface area contributed by atoms with Gasteiger partial charge in [-0.05, 0) is 31.2 Å². The van der Waals surface area contributed by atoms with Gasteiger partial charge in [0.05, 0.1) is 16.1 Å². The fourth-order valence-corrected chi connectivity index (χ4v) is 2.70. The Hall–Kier alpha value is -2.53. The Bertz CT molecular complexity index is 860. The second-order valence-electron chi connectivity index (χ2n) is 5.28. The van der Waals surface area contributed by atoms with Gasteiger partial charge in [-0.2, -0.15) is 0 Å². The maximum atomic E-state index is 12.0. The molecule has 6 heteroatoms. The van der Waals surface area contributed by atoms with E-state index in [1.54, 1.807) is 12.1 Å². The van der Waals surface area contributed by atoms with Crippen molar-refractivity contribution in [3.05, 3.63) is 59.4 Å². The molecule has 0 aliphatic heterocycles. The van der Waals surface area contributed by atoms with E-state index in [4.69, 9.17) is 16.3 Å². The number of halogens is 1. The van der Waals surface area contributed by atoms with Crippen LogP contribution in [0.4, 0.5) is 0 Å². The van der Waals surface area contributed by atoms with Gasteiger partial charge in [0.2, 0.25) is 5.91 Å². The largest absolute Gasteiger partial charge is 0.484 e. The molecule has 1 amide bonds. The van der Waals surface area contributed by atoms with Gasteiger partial charge in [-0.3, -0.25) is 4.79 Å². The molecular formula is C18H18ClN3O2. The lowest BCUT2D eigenvalue weighted by Crippen LogP contribution is -2.28. The smallest absolute Gasteiger partial charge is 0.240 e. The summed E-state index contributed by atoms with van der Waals surface area (Å²) in [5.41, 5.74) is 1.74. The molecule has 3 rings (SSSR count). The minimum atomic E-state index is -0.0559. The van der Waals surface area contributed by atoms with E-state index in [0.29, 0.717) is 23.1 Å². The first-order valence-corrected chi connectivity index (χ1v) is 8.15. The summed E-state index contributed by atoms with van der Waals surface area (Å²) >= 11 is 6.12. The molecule has 0 bridgehead atoms. The lowest BCUT2D eigenvalue weighted by atomic mass is 10.3. The Morgan fingerprint density at radius 1 is 1.21 bits per heavy atom. The van der Waals surface area contributed by atoms with Crippen molar-refractivity contribution in [2.75, 3.05) is 6.54 Å². The Morgan fingerprint density at radius 2 is 1.96 bits per heavy atom. The number of nitrogens with zero attached hydrogens (tertiary/aromatic N) is 2. The average molecular weight is 344 g/mol.